The summed E-state index contributed by atoms with van der Waals surface area (Å²) in [5, 5.41) is 28.8. The SMILES string of the molecule is COc1cc(/C=C/C(=O)CCC=O)ccc1OC1OC(CO)C(O)C1O. The van der Waals surface area contributed by atoms with E-state index in [-0.39, 0.29) is 24.4 Å². The van der Waals surface area contributed by atoms with E-state index in [4.69, 9.17) is 19.3 Å². The van der Waals surface area contributed by atoms with Crippen LogP contribution in [0.15, 0.2) is 24.3 Å². The van der Waals surface area contributed by atoms with Gasteiger partial charge in [-0.2, -0.15) is 0 Å². The van der Waals surface area contributed by atoms with Crippen molar-refractivity contribution in [2.24, 2.45) is 0 Å². The molecule has 1 fully saturated rings. The molecule has 1 saturated heterocycles. The van der Waals surface area contributed by atoms with E-state index in [0.717, 1.165) is 0 Å². The van der Waals surface area contributed by atoms with E-state index in [2.05, 4.69) is 0 Å². The Kier molecular flexibility index (Phi) is 7.28. The first-order chi connectivity index (χ1) is 12.5. The van der Waals surface area contributed by atoms with Crippen molar-refractivity contribution in [2.45, 2.75) is 37.4 Å². The highest BCUT2D eigenvalue weighted by atomic mass is 16.7. The van der Waals surface area contributed by atoms with E-state index in [1.54, 1.807) is 24.3 Å². The summed E-state index contributed by atoms with van der Waals surface area (Å²) < 4.78 is 16.1. The number of methoxy groups -OCH3 is 1. The van der Waals surface area contributed by atoms with Crippen molar-refractivity contribution < 1.29 is 39.1 Å². The Morgan fingerprint density at radius 1 is 1.27 bits per heavy atom. The Hall–Kier alpha value is -2.26. The van der Waals surface area contributed by atoms with Crippen molar-refractivity contribution in [1.82, 2.24) is 0 Å². The first-order valence-corrected chi connectivity index (χ1v) is 8.11. The molecule has 3 N–H and O–H groups in total. The molecule has 1 aromatic carbocycles. The van der Waals surface area contributed by atoms with E-state index in [9.17, 15) is 19.8 Å². The van der Waals surface area contributed by atoms with Crippen LogP contribution in [0.4, 0.5) is 0 Å². The lowest BCUT2D eigenvalue weighted by Crippen LogP contribution is -2.35. The van der Waals surface area contributed by atoms with Crippen LogP contribution in [-0.4, -0.2) is 65.7 Å². The molecule has 0 bridgehead atoms. The van der Waals surface area contributed by atoms with Gasteiger partial charge in [0.1, 0.15) is 24.6 Å². The van der Waals surface area contributed by atoms with Gasteiger partial charge in [-0.15, -0.1) is 0 Å². The normalized spacial score (nSPS) is 25.4. The Balaban J connectivity index is 2.08. The maximum Gasteiger partial charge on any atom is 0.229 e. The van der Waals surface area contributed by atoms with Crippen LogP contribution in [0.1, 0.15) is 18.4 Å². The van der Waals surface area contributed by atoms with Gasteiger partial charge in [0.2, 0.25) is 6.29 Å². The van der Waals surface area contributed by atoms with Crippen LogP contribution in [0.5, 0.6) is 11.5 Å². The second kappa shape index (κ2) is 9.44. The monoisotopic (exact) mass is 366 g/mol. The highest BCUT2D eigenvalue weighted by Crippen LogP contribution is 2.32. The van der Waals surface area contributed by atoms with Crippen LogP contribution in [0, 0.1) is 0 Å². The average molecular weight is 366 g/mol. The molecule has 142 valence electrons. The molecular formula is C18H22O8. The standard InChI is InChI=1S/C18H22O8/c1-24-14-9-11(4-6-12(21)3-2-8-19)5-7-13(14)25-18-17(23)16(22)15(10-20)26-18/h4-9,15-18,20,22-23H,2-3,10H2,1H3/b6-4+. The van der Waals surface area contributed by atoms with Gasteiger partial charge in [-0.3, -0.25) is 4.79 Å². The van der Waals surface area contributed by atoms with Crippen LogP contribution in [0.25, 0.3) is 6.08 Å². The molecule has 1 aromatic rings. The van der Waals surface area contributed by atoms with Crippen LogP contribution < -0.4 is 9.47 Å². The molecular weight excluding hydrogens is 344 g/mol. The summed E-state index contributed by atoms with van der Waals surface area (Å²) in [7, 11) is 1.43. The van der Waals surface area contributed by atoms with Crippen LogP contribution in [0.2, 0.25) is 0 Å². The number of aliphatic hydroxyl groups excluding tert-OH is 3. The molecule has 0 saturated carbocycles. The fourth-order valence-electron chi connectivity index (χ4n) is 2.45. The van der Waals surface area contributed by atoms with E-state index in [1.165, 1.54) is 13.2 Å². The Morgan fingerprint density at radius 3 is 2.65 bits per heavy atom. The molecule has 8 nitrogen and oxygen atoms in total. The number of aliphatic hydroxyl groups is 3. The van der Waals surface area contributed by atoms with Crippen LogP contribution in [0.3, 0.4) is 0 Å². The molecule has 0 spiro atoms. The average Bonchev–Trinajstić information content (AvgIpc) is 2.93. The fourth-order valence-corrected chi connectivity index (χ4v) is 2.45. The minimum atomic E-state index is -1.31. The molecule has 0 amide bonds. The number of carbonyl (C=O) groups excluding carboxylic acids is 2. The summed E-state index contributed by atoms with van der Waals surface area (Å²) in [6.45, 7) is -0.447. The second-order valence-electron chi connectivity index (χ2n) is 5.74. The van der Waals surface area contributed by atoms with Gasteiger partial charge in [0, 0.05) is 12.8 Å². The molecule has 0 aliphatic carbocycles. The predicted octanol–water partition coefficient (Wildman–Crippen LogP) is 0.0744. The highest BCUT2D eigenvalue weighted by molar-refractivity contribution is 5.94. The summed E-state index contributed by atoms with van der Waals surface area (Å²) in [6, 6.07) is 4.87. The van der Waals surface area contributed by atoms with Crippen LogP contribution >= 0.6 is 0 Å². The number of rotatable bonds is 9. The van der Waals surface area contributed by atoms with Gasteiger partial charge in [0.05, 0.1) is 13.7 Å². The van der Waals surface area contributed by atoms with Crippen molar-refractivity contribution in [3.05, 3.63) is 29.8 Å². The van der Waals surface area contributed by atoms with Gasteiger partial charge >= 0.3 is 0 Å². The number of ketones is 1. The van der Waals surface area contributed by atoms with E-state index < -0.39 is 31.2 Å². The first kappa shape index (κ1) is 20.1. The number of ether oxygens (including phenoxy) is 3. The predicted molar refractivity (Wildman–Crippen MR) is 90.7 cm³/mol. The summed E-state index contributed by atoms with van der Waals surface area (Å²) in [5.74, 6) is 0.444. The lowest BCUT2D eigenvalue weighted by molar-refractivity contribution is -0.117. The smallest absolute Gasteiger partial charge is 0.229 e. The van der Waals surface area contributed by atoms with Crippen molar-refractivity contribution in [3.63, 3.8) is 0 Å². The van der Waals surface area contributed by atoms with Gasteiger partial charge in [-0.1, -0.05) is 12.1 Å². The second-order valence-corrected chi connectivity index (χ2v) is 5.74. The fraction of sp³-hybridized carbons (Fsp3) is 0.444. The zero-order valence-electron chi connectivity index (χ0n) is 14.3. The van der Waals surface area contributed by atoms with Gasteiger partial charge < -0.3 is 34.3 Å². The molecule has 1 aliphatic rings. The lowest BCUT2D eigenvalue weighted by Gasteiger charge is -2.18. The molecule has 4 atom stereocenters. The number of aldehydes is 1. The number of benzene rings is 1. The molecule has 1 heterocycles. The Labute approximate surface area is 150 Å². The van der Waals surface area contributed by atoms with E-state index in [0.29, 0.717) is 17.6 Å². The molecule has 0 radical (unpaired) electrons. The Bertz CT molecular complexity index is 657. The van der Waals surface area contributed by atoms with Gasteiger partial charge in [-0.25, -0.2) is 0 Å². The molecule has 0 aromatic heterocycles. The number of hydrogen-bond acceptors (Lipinski definition) is 8. The van der Waals surface area contributed by atoms with Crippen LogP contribution in [-0.2, 0) is 14.3 Å². The van der Waals surface area contributed by atoms with Crippen molar-refractivity contribution >= 4 is 18.1 Å². The van der Waals surface area contributed by atoms with Crippen molar-refractivity contribution in [3.8, 4) is 11.5 Å². The topological polar surface area (TPSA) is 123 Å². The largest absolute Gasteiger partial charge is 0.493 e. The highest BCUT2D eigenvalue weighted by Gasteiger charge is 2.44. The van der Waals surface area contributed by atoms with Gasteiger partial charge in [0.15, 0.2) is 17.3 Å². The zero-order chi connectivity index (χ0) is 19.1. The number of allylic oxidation sites excluding steroid dienone is 1. The minimum absolute atomic E-state index is 0.156. The third-order valence-electron chi connectivity index (χ3n) is 3.90. The molecule has 1 aliphatic heterocycles. The van der Waals surface area contributed by atoms with Crippen molar-refractivity contribution in [1.29, 1.82) is 0 Å². The number of carbonyl (C=O) groups is 2. The van der Waals surface area contributed by atoms with Gasteiger partial charge in [-0.05, 0) is 23.8 Å². The third kappa shape index (κ3) is 4.89. The summed E-state index contributed by atoms with van der Waals surface area (Å²) >= 11 is 0. The van der Waals surface area contributed by atoms with E-state index >= 15 is 0 Å². The Morgan fingerprint density at radius 2 is 2.04 bits per heavy atom. The first-order valence-electron chi connectivity index (χ1n) is 8.11. The maximum absolute atomic E-state index is 11.6. The quantitative estimate of drug-likeness (QED) is 0.415. The third-order valence-corrected chi connectivity index (χ3v) is 3.90. The summed E-state index contributed by atoms with van der Waals surface area (Å²) in [4.78, 5) is 21.8. The summed E-state index contributed by atoms with van der Waals surface area (Å²) in [6.07, 6.45) is -0.645. The van der Waals surface area contributed by atoms with Crippen molar-refractivity contribution in [2.75, 3.05) is 13.7 Å². The molecule has 2 rings (SSSR count). The molecule has 26 heavy (non-hydrogen) atoms. The molecule has 4 unspecified atom stereocenters. The zero-order valence-corrected chi connectivity index (χ0v) is 14.3. The lowest BCUT2D eigenvalue weighted by atomic mass is 10.1. The minimum Gasteiger partial charge on any atom is -0.493 e. The number of hydrogen-bond donors (Lipinski definition) is 3. The van der Waals surface area contributed by atoms with Gasteiger partial charge in [0.25, 0.3) is 0 Å². The van der Waals surface area contributed by atoms with E-state index in [1.807, 2.05) is 0 Å². The molecule has 8 heteroatoms. The summed E-state index contributed by atoms with van der Waals surface area (Å²) in [5.41, 5.74) is 0.676. The maximum atomic E-state index is 11.6.